The molecule has 0 spiro atoms. The Morgan fingerprint density at radius 1 is 1.16 bits per heavy atom. The van der Waals surface area contributed by atoms with Gasteiger partial charge in [0.15, 0.2) is 0 Å². The zero-order valence-corrected chi connectivity index (χ0v) is 18.2. The lowest BCUT2D eigenvalue weighted by molar-refractivity contribution is -0.166. The van der Waals surface area contributed by atoms with E-state index in [1.807, 2.05) is 12.1 Å². The number of aliphatic hydroxyl groups excluding tert-OH is 1. The Hall–Kier alpha value is -2.99. The van der Waals surface area contributed by atoms with E-state index >= 15 is 0 Å². The van der Waals surface area contributed by atoms with E-state index in [4.69, 9.17) is 0 Å². The number of carbonyl (C=O) groups excluding carboxylic acids is 2. The van der Waals surface area contributed by atoms with Gasteiger partial charge in [0.2, 0.25) is 11.8 Å². The standard InChI is InChI=1S/C26H29N3O3/c30-17-23-26(21-10-8-20(9-11-21)19-6-2-1-3-7-19)22-15-28(16-25(32)29(22)23)24(31)13-18-5-4-12-27-14-18/h4-6,8-12,14,22-23,26,30H,1-3,7,13,15-17H2/t22-,23+,26+/m0/s1. The van der Waals surface area contributed by atoms with Crippen LogP contribution in [0.25, 0.3) is 5.57 Å². The lowest BCUT2D eigenvalue weighted by atomic mass is 9.73. The highest BCUT2D eigenvalue weighted by molar-refractivity contribution is 5.88. The molecule has 0 unspecified atom stereocenters. The minimum atomic E-state index is -0.220. The molecule has 166 valence electrons. The van der Waals surface area contributed by atoms with Crippen LogP contribution in [-0.2, 0) is 16.0 Å². The maximum absolute atomic E-state index is 12.9. The zero-order valence-electron chi connectivity index (χ0n) is 18.2. The van der Waals surface area contributed by atoms with Crippen LogP contribution in [0, 0.1) is 0 Å². The summed E-state index contributed by atoms with van der Waals surface area (Å²) in [5.74, 6) is -0.107. The van der Waals surface area contributed by atoms with Crippen molar-refractivity contribution in [2.75, 3.05) is 19.7 Å². The summed E-state index contributed by atoms with van der Waals surface area (Å²) >= 11 is 0. The Bertz CT molecular complexity index is 1020. The van der Waals surface area contributed by atoms with E-state index in [-0.39, 0.29) is 49.4 Å². The predicted molar refractivity (Wildman–Crippen MR) is 122 cm³/mol. The minimum Gasteiger partial charge on any atom is -0.394 e. The third-order valence-electron chi connectivity index (χ3n) is 7.14. The van der Waals surface area contributed by atoms with Gasteiger partial charge in [-0.05, 0) is 54.0 Å². The third-order valence-corrected chi connectivity index (χ3v) is 7.14. The van der Waals surface area contributed by atoms with Crippen molar-refractivity contribution in [3.63, 3.8) is 0 Å². The first-order chi connectivity index (χ1) is 15.7. The molecule has 2 aliphatic heterocycles. The van der Waals surface area contributed by atoms with E-state index < -0.39 is 0 Å². The summed E-state index contributed by atoms with van der Waals surface area (Å²) in [4.78, 5) is 33.2. The molecule has 2 amide bonds. The van der Waals surface area contributed by atoms with Gasteiger partial charge in [-0.3, -0.25) is 14.6 Å². The van der Waals surface area contributed by atoms with Gasteiger partial charge in [0.05, 0.1) is 31.7 Å². The number of nitrogens with zero attached hydrogens (tertiary/aromatic N) is 3. The van der Waals surface area contributed by atoms with Crippen LogP contribution in [0.1, 0.15) is 48.3 Å². The maximum atomic E-state index is 12.9. The van der Waals surface area contributed by atoms with Crippen LogP contribution in [0.15, 0.2) is 54.9 Å². The number of aromatic nitrogens is 1. The number of fused-ring (bicyclic) bond motifs is 1. The van der Waals surface area contributed by atoms with E-state index in [0.29, 0.717) is 6.54 Å². The second-order valence-electron chi connectivity index (χ2n) is 9.05. The predicted octanol–water partition coefficient (Wildman–Crippen LogP) is 2.78. The molecule has 0 bridgehead atoms. The fourth-order valence-electron chi connectivity index (χ4n) is 5.50. The van der Waals surface area contributed by atoms with Crippen molar-refractivity contribution in [3.8, 4) is 0 Å². The SMILES string of the molecule is O=C(Cc1cccnc1)N1CC(=O)N2[C@H](CO)[C@H](c3ccc(C4=CCCCC4)cc3)[C@@H]2C1. The maximum Gasteiger partial charge on any atom is 0.242 e. The number of carbonyl (C=O) groups is 2. The largest absolute Gasteiger partial charge is 0.394 e. The summed E-state index contributed by atoms with van der Waals surface area (Å²) in [7, 11) is 0. The number of amides is 2. The highest BCUT2D eigenvalue weighted by Gasteiger charge is 2.54. The Morgan fingerprint density at radius 2 is 2.00 bits per heavy atom. The number of aliphatic hydroxyl groups is 1. The van der Waals surface area contributed by atoms with Gasteiger partial charge < -0.3 is 14.9 Å². The van der Waals surface area contributed by atoms with Crippen molar-refractivity contribution in [1.82, 2.24) is 14.8 Å². The van der Waals surface area contributed by atoms with Gasteiger partial charge in [-0.15, -0.1) is 0 Å². The van der Waals surface area contributed by atoms with Gasteiger partial charge in [0, 0.05) is 24.9 Å². The average Bonchev–Trinajstić information content (AvgIpc) is 2.82. The number of allylic oxidation sites excluding steroid dienone is 2. The zero-order chi connectivity index (χ0) is 22.1. The molecule has 1 aromatic carbocycles. The van der Waals surface area contributed by atoms with E-state index in [1.54, 1.807) is 22.2 Å². The third kappa shape index (κ3) is 3.84. The molecule has 2 fully saturated rings. The second-order valence-corrected chi connectivity index (χ2v) is 9.05. The van der Waals surface area contributed by atoms with E-state index in [0.717, 1.165) is 24.0 Å². The van der Waals surface area contributed by atoms with Crippen LogP contribution < -0.4 is 0 Å². The van der Waals surface area contributed by atoms with Crippen LogP contribution in [0.3, 0.4) is 0 Å². The topological polar surface area (TPSA) is 73.7 Å². The van der Waals surface area contributed by atoms with Gasteiger partial charge in [-0.25, -0.2) is 0 Å². The van der Waals surface area contributed by atoms with Gasteiger partial charge in [0.1, 0.15) is 0 Å². The first kappa shape index (κ1) is 20.9. The van der Waals surface area contributed by atoms with Crippen molar-refractivity contribution in [2.45, 2.75) is 50.1 Å². The van der Waals surface area contributed by atoms with E-state index in [2.05, 4.69) is 35.3 Å². The van der Waals surface area contributed by atoms with Crippen molar-refractivity contribution in [1.29, 1.82) is 0 Å². The van der Waals surface area contributed by atoms with Crippen LogP contribution in [0.4, 0.5) is 0 Å². The molecular formula is C26H29N3O3. The smallest absolute Gasteiger partial charge is 0.242 e. The lowest BCUT2D eigenvalue weighted by Crippen LogP contribution is -2.73. The molecule has 3 atom stereocenters. The molecule has 0 radical (unpaired) electrons. The molecule has 5 rings (SSSR count). The van der Waals surface area contributed by atoms with Crippen LogP contribution in [0.2, 0.25) is 0 Å². The molecular weight excluding hydrogens is 402 g/mol. The molecule has 1 aromatic heterocycles. The quantitative estimate of drug-likeness (QED) is 0.790. The Kier molecular flexibility index (Phi) is 5.79. The normalized spacial score (nSPS) is 25.1. The lowest BCUT2D eigenvalue weighted by Gasteiger charge is -2.58. The fraction of sp³-hybridized carbons (Fsp3) is 0.423. The molecule has 1 N–H and O–H groups in total. The van der Waals surface area contributed by atoms with Gasteiger partial charge in [0.25, 0.3) is 0 Å². The Balaban J connectivity index is 1.33. The molecule has 3 heterocycles. The summed E-state index contributed by atoms with van der Waals surface area (Å²) in [6, 6.07) is 12.0. The molecule has 3 aliphatic rings. The molecule has 6 heteroatoms. The molecule has 2 saturated heterocycles. The van der Waals surface area contributed by atoms with Gasteiger partial charge in [-0.1, -0.05) is 36.4 Å². The summed E-state index contributed by atoms with van der Waals surface area (Å²) in [5, 5.41) is 10.0. The van der Waals surface area contributed by atoms with E-state index in [1.165, 1.54) is 24.0 Å². The minimum absolute atomic E-state index is 0.0346. The monoisotopic (exact) mass is 431 g/mol. The summed E-state index contributed by atoms with van der Waals surface area (Å²) in [6.45, 7) is 0.508. The second kappa shape index (κ2) is 8.87. The molecule has 32 heavy (non-hydrogen) atoms. The highest BCUT2D eigenvalue weighted by atomic mass is 16.3. The van der Waals surface area contributed by atoms with Crippen molar-refractivity contribution in [3.05, 3.63) is 71.6 Å². The van der Waals surface area contributed by atoms with Crippen molar-refractivity contribution >= 4 is 17.4 Å². The van der Waals surface area contributed by atoms with Crippen LogP contribution in [0.5, 0.6) is 0 Å². The average molecular weight is 432 g/mol. The van der Waals surface area contributed by atoms with E-state index in [9.17, 15) is 14.7 Å². The van der Waals surface area contributed by atoms with Crippen LogP contribution >= 0.6 is 0 Å². The molecule has 2 aromatic rings. The van der Waals surface area contributed by atoms with Crippen LogP contribution in [-0.4, -0.2) is 63.5 Å². The number of piperazine rings is 1. The molecule has 0 saturated carbocycles. The molecule has 6 nitrogen and oxygen atoms in total. The fourth-order valence-corrected chi connectivity index (χ4v) is 5.50. The Labute approximate surface area is 188 Å². The first-order valence-corrected chi connectivity index (χ1v) is 11.5. The van der Waals surface area contributed by atoms with Crippen molar-refractivity contribution < 1.29 is 14.7 Å². The molecule has 1 aliphatic carbocycles. The van der Waals surface area contributed by atoms with Gasteiger partial charge >= 0.3 is 0 Å². The number of benzene rings is 1. The highest BCUT2D eigenvalue weighted by Crippen LogP contribution is 2.43. The number of pyridine rings is 1. The van der Waals surface area contributed by atoms with Crippen molar-refractivity contribution in [2.24, 2.45) is 0 Å². The summed E-state index contributed by atoms with van der Waals surface area (Å²) in [6.07, 6.45) is 10.7. The number of rotatable bonds is 5. The summed E-state index contributed by atoms with van der Waals surface area (Å²) < 4.78 is 0. The van der Waals surface area contributed by atoms with Gasteiger partial charge in [-0.2, -0.15) is 0 Å². The first-order valence-electron chi connectivity index (χ1n) is 11.5. The summed E-state index contributed by atoms with van der Waals surface area (Å²) in [5.41, 5.74) is 4.65. The Morgan fingerprint density at radius 3 is 2.69 bits per heavy atom. The number of hydrogen-bond acceptors (Lipinski definition) is 4. The number of hydrogen-bond donors (Lipinski definition) is 1.